The van der Waals surface area contributed by atoms with Crippen molar-refractivity contribution in [2.75, 3.05) is 0 Å². The molecule has 4 aliphatic rings. The van der Waals surface area contributed by atoms with Crippen LogP contribution in [-0.2, 0) is 9.84 Å². The van der Waals surface area contributed by atoms with Gasteiger partial charge in [-0.2, -0.15) is 13.2 Å². The minimum absolute atomic E-state index is 0.0330. The van der Waals surface area contributed by atoms with E-state index in [0.717, 1.165) is 58.3 Å². The van der Waals surface area contributed by atoms with Crippen LogP contribution in [-0.4, -0.2) is 41.8 Å². The first-order valence-electron chi connectivity index (χ1n) is 15.9. The van der Waals surface area contributed by atoms with Gasteiger partial charge in [-0.05, 0) is 117 Å². The van der Waals surface area contributed by atoms with Crippen LogP contribution in [0.15, 0.2) is 46.9 Å². The first-order chi connectivity index (χ1) is 19.4. The second-order valence-electron chi connectivity index (χ2n) is 15.1. The molecule has 0 amide bonds. The lowest BCUT2D eigenvalue weighted by atomic mass is 9.46. The van der Waals surface area contributed by atoms with E-state index in [1.165, 1.54) is 17.7 Å². The topological polar surface area (TPSA) is 74.6 Å². The van der Waals surface area contributed by atoms with Crippen LogP contribution in [0.25, 0.3) is 0 Å². The number of hydrogen-bond acceptors (Lipinski definition) is 4. The highest BCUT2D eigenvalue weighted by atomic mass is 32.2. The van der Waals surface area contributed by atoms with Crippen LogP contribution >= 0.6 is 0 Å². The molecule has 236 valence electrons. The SMILES string of the molecule is CC(C(O)CC([C@@H](C)[C@H]1CC[C@H]2[C@@H]3CC=C4C[C@@](C)(O)CC[C@]4(C)[C@H]3CC[C@]12C)S(=O)(=O)c1ccccc1)C(F)(F)F. The number of alkyl halides is 3. The Morgan fingerprint density at radius 3 is 2.29 bits per heavy atom. The normalized spacial score (nSPS) is 39.7. The number of benzene rings is 1. The molecule has 0 aromatic heterocycles. The summed E-state index contributed by atoms with van der Waals surface area (Å²) in [5, 5.41) is 20.4. The molecule has 1 aromatic rings. The van der Waals surface area contributed by atoms with Gasteiger partial charge in [-0.25, -0.2) is 8.42 Å². The fourth-order valence-electron chi connectivity index (χ4n) is 10.0. The van der Waals surface area contributed by atoms with E-state index in [-0.39, 0.29) is 21.6 Å². The van der Waals surface area contributed by atoms with Gasteiger partial charge in [0, 0.05) is 0 Å². The summed E-state index contributed by atoms with van der Waals surface area (Å²) in [6.45, 7) is 9.47. The van der Waals surface area contributed by atoms with E-state index in [2.05, 4.69) is 19.9 Å². The van der Waals surface area contributed by atoms with Gasteiger partial charge in [0.25, 0.3) is 0 Å². The molecule has 0 heterocycles. The van der Waals surface area contributed by atoms with Crippen molar-refractivity contribution >= 4 is 9.84 Å². The van der Waals surface area contributed by atoms with Crippen molar-refractivity contribution in [1.29, 1.82) is 0 Å². The summed E-state index contributed by atoms with van der Waals surface area (Å²) in [4.78, 5) is 0.100. The molecule has 0 bridgehead atoms. The summed E-state index contributed by atoms with van der Waals surface area (Å²) < 4.78 is 68.9. The number of allylic oxidation sites excluding steroid dienone is 1. The lowest BCUT2D eigenvalue weighted by Gasteiger charge is -2.59. The van der Waals surface area contributed by atoms with E-state index < -0.39 is 51.2 Å². The van der Waals surface area contributed by atoms with Gasteiger partial charge in [0.1, 0.15) is 0 Å². The fraction of sp³-hybridized carbons (Fsp3) is 0.765. The molecular formula is C34H49F3O4S. The summed E-state index contributed by atoms with van der Waals surface area (Å²) in [6, 6.07) is 8.00. The second-order valence-corrected chi connectivity index (χ2v) is 17.2. The zero-order valence-corrected chi connectivity index (χ0v) is 26.5. The summed E-state index contributed by atoms with van der Waals surface area (Å²) >= 11 is 0. The van der Waals surface area contributed by atoms with E-state index in [9.17, 15) is 31.8 Å². The van der Waals surface area contributed by atoms with Gasteiger partial charge in [0.2, 0.25) is 0 Å². The molecule has 3 saturated carbocycles. The highest BCUT2D eigenvalue weighted by Gasteiger charge is 2.61. The Balaban J connectivity index is 1.45. The maximum Gasteiger partial charge on any atom is 0.394 e. The molecule has 0 spiro atoms. The van der Waals surface area contributed by atoms with Gasteiger partial charge in [0.05, 0.1) is 27.8 Å². The van der Waals surface area contributed by atoms with Crippen molar-refractivity contribution in [3.63, 3.8) is 0 Å². The van der Waals surface area contributed by atoms with Crippen molar-refractivity contribution < 1.29 is 31.8 Å². The van der Waals surface area contributed by atoms with Gasteiger partial charge in [-0.1, -0.05) is 57.5 Å². The number of fused-ring (bicyclic) bond motifs is 5. The van der Waals surface area contributed by atoms with Crippen LogP contribution in [0.4, 0.5) is 13.2 Å². The van der Waals surface area contributed by atoms with E-state index in [1.807, 2.05) is 13.8 Å². The van der Waals surface area contributed by atoms with Crippen LogP contribution in [0.5, 0.6) is 0 Å². The maximum atomic E-state index is 14.1. The molecule has 42 heavy (non-hydrogen) atoms. The lowest BCUT2D eigenvalue weighted by molar-refractivity contribution is -0.195. The van der Waals surface area contributed by atoms with Crippen LogP contribution in [0.2, 0.25) is 0 Å². The minimum atomic E-state index is -4.61. The molecule has 4 aliphatic carbocycles. The first kappa shape index (κ1) is 32.0. The molecule has 8 heteroatoms. The zero-order chi connectivity index (χ0) is 30.9. The third-order valence-electron chi connectivity index (χ3n) is 12.7. The van der Waals surface area contributed by atoms with Crippen LogP contribution < -0.4 is 0 Å². The first-order valence-corrected chi connectivity index (χ1v) is 17.4. The number of aliphatic hydroxyl groups is 2. The predicted octanol–water partition coefficient (Wildman–Crippen LogP) is 7.74. The maximum absolute atomic E-state index is 14.1. The Bertz CT molecular complexity index is 1280. The van der Waals surface area contributed by atoms with E-state index in [4.69, 9.17) is 0 Å². The minimum Gasteiger partial charge on any atom is -0.392 e. The third kappa shape index (κ3) is 5.40. The Kier molecular flexibility index (Phi) is 8.31. The number of halogens is 3. The second kappa shape index (κ2) is 10.9. The number of aliphatic hydroxyl groups excluding tert-OH is 1. The lowest BCUT2D eigenvalue weighted by Crippen LogP contribution is -2.52. The summed E-state index contributed by atoms with van der Waals surface area (Å²) in [7, 11) is -4.00. The highest BCUT2D eigenvalue weighted by molar-refractivity contribution is 7.92. The Hall–Kier alpha value is -1.38. The quantitative estimate of drug-likeness (QED) is 0.310. The van der Waals surface area contributed by atoms with Gasteiger partial charge in [-0.3, -0.25) is 0 Å². The molecule has 5 rings (SSSR count). The fourth-order valence-corrected chi connectivity index (χ4v) is 12.1. The van der Waals surface area contributed by atoms with Crippen molar-refractivity contribution in [3.05, 3.63) is 42.0 Å². The average molecular weight is 611 g/mol. The summed E-state index contributed by atoms with van der Waals surface area (Å²) in [5.41, 5.74) is 0.706. The average Bonchev–Trinajstić information content (AvgIpc) is 3.28. The van der Waals surface area contributed by atoms with Gasteiger partial charge < -0.3 is 10.2 Å². The predicted molar refractivity (Wildman–Crippen MR) is 158 cm³/mol. The third-order valence-corrected chi connectivity index (χ3v) is 15.1. The van der Waals surface area contributed by atoms with Crippen LogP contribution in [0, 0.1) is 46.3 Å². The number of sulfone groups is 1. The molecule has 1 aromatic carbocycles. The van der Waals surface area contributed by atoms with Crippen LogP contribution in [0.1, 0.15) is 92.4 Å². The summed E-state index contributed by atoms with van der Waals surface area (Å²) in [5.74, 6) is -0.963. The molecule has 4 nitrogen and oxygen atoms in total. The standard InChI is InChI=1S/C34H49F3O4S/c1-21(30(19-29(38)22(2)34(35,36)37)42(40,41)24-9-7-6-8-10-24)26-13-14-27-25-12-11-23-20-31(3,39)17-18-32(23,4)28(25)15-16-33(26,27)5/h6-11,21-22,25-30,38-39H,12-20H2,1-5H3/t21-,22?,25-,26+,27-,28-,29?,30?,31-,32-,33+/m0/s1. The molecule has 0 radical (unpaired) electrons. The number of hydrogen-bond donors (Lipinski definition) is 2. The largest absolute Gasteiger partial charge is 0.394 e. The Morgan fingerprint density at radius 2 is 1.64 bits per heavy atom. The Labute approximate surface area is 250 Å². The van der Waals surface area contributed by atoms with Gasteiger partial charge in [0.15, 0.2) is 9.84 Å². The molecule has 0 saturated heterocycles. The van der Waals surface area contributed by atoms with Crippen LogP contribution in [0.3, 0.4) is 0 Å². The Morgan fingerprint density at radius 1 is 0.976 bits per heavy atom. The van der Waals surface area contributed by atoms with Gasteiger partial charge in [-0.15, -0.1) is 0 Å². The smallest absolute Gasteiger partial charge is 0.392 e. The van der Waals surface area contributed by atoms with Crippen molar-refractivity contribution in [1.82, 2.24) is 0 Å². The molecular weight excluding hydrogens is 561 g/mol. The van der Waals surface area contributed by atoms with Crippen molar-refractivity contribution in [2.24, 2.45) is 46.3 Å². The van der Waals surface area contributed by atoms with Crippen molar-refractivity contribution in [2.45, 2.75) is 120 Å². The van der Waals surface area contributed by atoms with E-state index in [1.54, 1.807) is 18.2 Å². The van der Waals surface area contributed by atoms with Crippen molar-refractivity contribution in [3.8, 4) is 0 Å². The molecule has 3 fully saturated rings. The molecule has 11 atom stereocenters. The highest BCUT2D eigenvalue weighted by Crippen LogP contribution is 2.68. The monoisotopic (exact) mass is 610 g/mol. The zero-order valence-electron chi connectivity index (χ0n) is 25.7. The molecule has 3 unspecified atom stereocenters. The van der Waals surface area contributed by atoms with E-state index >= 15 is 0 Å². The van der Waals surface area contributed by atoms with Gasteiger partial charge >= 0.3 is 6.18 Å². The molecule has 2 N–H and O–H groups in total. The summed E-state index contributed by atoms with van der Waals surface area (Å²) in [6.07, 6.45) is 2.85. The number of rotatable bonds is 7. The molecule has 0 aliphatic heterocycles. The van der Waals surface area contributed by atoms with E-state index in [0.29, 0.717) is 17.8 Å².